The predicted octanol–water partition coefficient (Wildman–Crippen LogP) is -2.89. The molecule has 0 radical (unpaired) electrons. The molecule has 0 atom stereocenters. The van der Waals surface area contributed by atoms with Gasteiger partial charge in [-0.25, -0.2) is 0 Å². The van der Waals surface area contributed by atoms with Crippen molar-refractivity contribution in [2.45, 2.75) is 12.0 Å². The van der Waals surface area contributed by atoms with E-state index in [1.807, 2.05) is 4.90 Å². The third-order valence-electron chi connectivity index (χ3n) is 3.11. The normalized spacial score (nSPS) is 18.4. The number of amides is 1. The van der Waals surface area contributed by atoms with E-state index in [1.54, 1.807) is 0 Å². The number of nitrogens with zero attached hydrogens (tertiary/aromatic N) is 1. The lowest BCUT2D eigenvalue weighted by atomic mass is 10.0. The Labute approximate surface area is 107 Å². The highest BCUT2D eigenvalue weighted by Gasteiger charge is 2.30. The second kappa shape index (κ2) is 7.65. The van der Waals surface area contributed by atoms with Gasteiger partial charge in [-0.05, 0) is 19.5 Å². The van der Waals surface area contributed by atoms with E-state index in [0.29, 0.717) is 0 Å². The Kier molecular flexibility index (Phi) is 6.51. The summed E-state index contributed by atoms with van der Waals surface area (Å²) in [7, 11) is 0. The lowest BCUT2D eigenvalue weighted by Gasteiger charge is -2.30. The van der Waals surface area contributed by atoms with E-state index in [0.717, 1.165) is 32.6 Å². The fourth-order valence-electron chi connectivity index (χ4n) is 1.87. The number of nitrogens with one attached hydrogen (secondary N) is 2. The summed E-state index contributed by atoms with van der Waals surface area (Å²) in [5, 5.41) is 33.1. The van der Waals surface area contributed by atoms with Crippen LogP contribution in [0.15, 0.2) is 0 Å². The molecule has 0 saturated carbocycles. The van der Waals surface area contributed by atoms with Crippen molar-refractivity contribution < 1.29 is 20.1 Å². The summed E-state index contributed by atoms with van der Waals surface area (Å²) >= 11 is 0. The Balaban J connectivity index is 2.43. The third-order valence-corrected chi connectivity index (χ3v) is 3.11. The van der Waals surface area contributed by atoms with Crippen molar-refractivity contribution in [2.24, 2.45) is 0 Å². The molecule has 0 unspecified atom stereocenters. The summed E-state index contributed by atoms with van der Waals surface area (Å²) in [5.74, 6) is -0.297. The molecule has 7 nitrogen and oxygen atoms in total. The maximum Gasteiger partial charge on any atom is 0.234 e. The maximum absolute atomic E-state index is 11.8. The van der Waals surface area contributed by atoms with Crippen molar-refractivity contribution in [3.63, 3.8) is 0 Å². The minimum Gasteiger partial charge on any atom is -0.394 e. The van der Waals surface area contributed by atoms with E-state index >= 15 is 0 Å². The van der Waals surface area contributed by atoms with Crippen LogP contribution in [0.3, 0.4) is 0 Å². The summed E-state index contributed by atoms with van der Waals surface area (Å²) in [6.45, 7) is 2.16. The van der Waals surface area contributed by atoms with Gasteiger partial charge >= 0.3 is 0 Å². The number of carbonyl (C=O) groups is 1. The first-order valence-electron chi connectivity index (χ1n) is 6.22. The van der Waals surface area contributed by atoms with Gasteiger partial charge in [-0.1, -0.05) is 0 Å². The molecule has 1 fully saturated rings. The van der Waals surface area contributed by atoms with Gasteiger partial charge in [0, 0.05) is 13.1 Å². The van der Waals surface area contributed by atoms with E-state index in [-0.39, 0.29) is 12.5 Å². The summed E-state index contributed by atoms with van der Waals surface area (Å²) in [6.07, 6.45) is 0.985. The topological polar surface area (TPSA) is 105 Å². The first kappa shape index (κ1) is 15.3. The van der Waals surface area contributed by atoms with Crippen molar-refractivity contribution in [2.75, 3.05) is 52.5 Å². The number of carbonyl (C=O) groups excluding carboxylic acids is 1. The van der Waals surface area contributed by atoms with Crippen LogP contribution in [0, 0.1) is 0 Å². The molecule has 5 N–H and O–H groups in total. The van der Waals surface area contributed by atoms with Gasteiger partial charge in [0.25, 0.3) is 0 Å². The van der Waals surface area contributed by atoms with E-state index < -0.39 is 25.4 Å². The summed E-state index contributed by atoms with van der Waals surface area (Å²) in [4.78, 5) is 13.8. The molecule has 18 heavy (non-hydrogen) atoms. The Bertz CT molecular complexity index is 242. The molecule has 0 aromatic carbocycles. The number of hydrogen-bond donors (Lipinski definition) is 5. The molecule has 1 saturated heterocycles. The van der Waals surface area contributed by atoms with E-state index in [1.165, 1.54) is 0 Å². The monoisotopic (exact) mass is 261 g/mol. The number of aliphatic hydroxyl groups excluding tert-OH is 3. The summed E-state index contributed by atoms with van der Waals surface area (Å²) in [5.41, 5.74) is -1.33. The first-order valence-corrected chi connectivity index (χ1v) is 6.22. The van der Waals surface area contributed by atoms with Crippen LogP contribution in [-0.2, 0) is 4.79 Å². The molecule has 1 amide bonds. The lowest BCUT2D eigenvalue weighted by molar-refractivity contribution is -0.126. The fourth-order valence-corrected chi connectivity index (χ4v) is 1.87. The molecule has 0 aliphatic carbocycles. The molecule has 0 aromatic rings. The van der Waals surface area contributed by atoms with E-state index in [4.69, 9.17) is 15.3 Å². The summed E-state index contributed by atoms with van der Waals surface area (Å²) < 4.78 is 0. The molecule has 106 valence electrons. The second-order valence-corrected chi connectivity index (χ2v) is 4.68. The van der Waals surface area contributed by atoms with E-state index in [2.05, 4.69) is 10.6 Å². The molecule has 1 heterocycles. The van der Waals surface area contributed by atoms with Gasteiger partial charge in [0.1, 0.15) is 5.54 Å². The smallest absolute Gasteiger partial charge is 0.234 e. The van der Waals surface area contributed by atoms with Gasteiger partial charge in [-0.3, -0.25) is 9.69 Å². The second-order valence-electron chi connectivity index (χ2n) is 4.68. The van der Waals surface area contributed by atoms with Crippen LogP contribution in [0.2, 0.25) is 0 Å². The molecule has 0 spiro atoms. The van der Waals surface area contributed by atoms with Crippen LogP contribution in [0.25, 0.3) is 0 Å². The highest BCUT2D eigenvalue weighted by Crippen LogP contribution is 2.02. The van der Waals surface area contributed by atoms with Crippen LogP contribution in [0.1, 0.15) is 6.42 Å². The molecule has 1 rings (SSSR count). The summed E-state index contributed by atoms with van der Waals surface area (Å²) in [6, 6.07) is 0. The maximum atomic E-state index is 11.8. The van der Waals surface area contributed by atoms with E-state index in [9.17, 15) is 4.79 Å². The Morgan fingerprint density at radius 2 is 1.83 bits per heavy atom. The van der Waals surface area contributed by atoms with Crippen molar-refractivity contribution >= 4 is 5.91 Å². The zero-order chi connectivity index (χ0) is 13.4. The van der Waals surface area contributed by atoms with Crippen LogP contribution >= 0.6 is 0 Å². The average molecular weight is 261 g/mol. The highest BCUT2D eigenvalue weighted by molar-refractivity contribution is 5.79. The lowest BCUT2D eigenvalue weighted by Crippen LogP contribution is -2.58. The van der Waals surface area contributed by atoms with Crippen LogP contribution in [-0.4, -0.2) is 84.2 Å². The van der Waals surface area contributed by atoms with Crippen molar-refractivity contribution in [3.8, 4) is 0 Å². The minimum atomic E-state index is -1.33. The molecular formula is C11H23N3O4. The fraction of sp³-hybridized carbons (Fsp3) is 0.909. The van der Waals surface area contributed by atoms with Gasteiger partial charge in [-0.15, -0.1) is 0 Å². The van der Waals surface area contributed by atoms with Crippen LogP contribution < -0.4 is 10.6 Å². The molecule has 0 aromatic heterocycles. The average Bonchev–Trinajstić information content (AvgIpc) is 2.65. The Hall–Kier alpha value is -0.730. The zero-order valence-electron chi connectivity index (χ0n) is 10.6. The molecule has 1 aliphatic heterocycles. The number of rotatable bonds is 6. The van der Waals surface area contributed by atoms with Gasteiger partial charge in [0.15, 0.2) is 0 Å². The molecule has 7 heteroatoms. The largest absolute Gasteiger partial charge is 0.394 e. The predicted molar refractivity (Wildman–Crippen MR) is 66.1 cm³/mol. The molecule has 1 aliphatic rings. The number of hydrogen-bond acceptors (Lipinski definition) is 6. The zero-order valence-corrected chi connectivity index (χ0v) is 10.6. The minimum absolute atomic E-state index is 0.212. The first-order chi connectivity index (χ1) is 8.65. The van der Waals surface area contributed by atoms with Crippen molar-refractivity contribution in [1.29, 1.82) is 0 Å². The Morgan fingerprint density at radius 3 is 2.44 bits per heavy atom. The number of aliphatic hydroxyl groups is 3. The van der Waals surface area contributed by atoms with Gasteiger partial charge < -0.3 is 26.0 Å². The van der Waals surface area contributed by atoms with Gasteiger partial charge in [0.05, 0.1) is 26.4 Å². The quantitative estimate of drug-likeness (QED) is 0.352. The highest BCUT2D eigenvalue weighted by atomic mass is 16.3. The van der Waals surface area contributed by atoms with Gasteiger partial charge in [-0.2, -0.15) is 0 Å². The third kappa shape index (κ3) is 4.51. The Morgan fingerprint density at radius 1 is 1.17 bits per heavy atom. The standard InChI is InChI=1S/C11H23N3O4/c15-7-11(8-16,9-17)13-10(18)6-14-4-1-2-12-3-5-14/h12,15-17H,1-9H2,(H,13,18). The van der Waals surface area contributed by atoms with Crippen LogP contribution in [0.4, 0.5) is 0 Å². The molecule has 0 bridgehead atoms. The van der Waals surface area contributed by atoms with Crippen molar-refractivity contribution in [3.05, 3.63) is 0 Å². The van der Waals surface area contributed by atoms with Gasteiger partial charge in [0.2, 0.25) is 5.91 Å². The van der Waals surface area contributed by atoms with Crippen LogP contribution in [0.5, 0.6) is 0 Å². The molecular weight excluding hydrogens is 238 g/mol. The van der Waals surface area contributed by atoms with Crippen molar-refractivity contribution in [1.82, 2.24) is 15.5 Å². The SMILES string of the molecule is O=C(CN1CCCNCC1)NC(CO)(CO)CO.